The topological polar surface area (TPSA) is 29.1 Å². The lowest BCUT2D eigenvalue weighted by Gasteiger charge is -2.26. The Hall–Kier alpha value is -0.540. The van der Waals surface area contributed by atoms with Gasteiger partial charge in [0.25, 0.3) is 0 Å². The van der Waals surface area contributed by atoms with Crippen LogP contribution in [0.5, 0.6) is 0 Å². The molecule has 0 unspecified atom stereocenters. The van der Waals surface area contributed by atoms with Crippen molar-refractivity contribution in [3.63, 3.8) is 0 Å². The minimum absolute atomic E-state index is 0.0156. The van der Waals surface area contributed by atoms with E-state index in [9.17, 15) is 4.79 Å². The van der Waals surface area contributed by atoms with Crippen molar-refractivity contribution in [2.75, 3.05) is 5.88 Å². The Labute approximate surface area is 116 Å². The van der Waals surface area contributed by atoms with Gasteiger partial charge in [-0.25, -0.2) is 0 Å². The van der Waals surface area contributed by atoms with Crippen molar-refractivity contribution in [1.82, 2.24) is 5.32 Å². The van der Waals surface area contributed by atoms with Gasteiger partial charge in [0.2, 0.25) is 5.91 Å². The zero-order valence-electron chi connectivity index (χ0n) is 10.1. The summed E-state index contributed by atoms with van der Waals surface area (Å²) < 4.78 is 1.08. The predicted octanol–water partition coefficient (Wildman–Crippen LogP) is 3.52. The first-order chi connectivity index (χ1) is 7.93. The van der Waals surface area contributed by atoms with Crippen LogP contribution in [-0.4, -0.2) is 17.3 Å². The molecule has 0 atom stereocenters. The number of hydrogen-bond acceptors (Lipinski definition) is 1. The zero-order valence-corrected chi connectivity index (χ0v) is 12.4. The number of carbonyl (C=O) groups excluding carboxylic acids is 1. The number of benzene rings is 1. The molecule has 0 aliphatic carbocycles. The van der Waals surface area contributed by atoms with Gasteiger partial charge in [-0.2, -0.15) is 0 Å². The number of aryl methyl sites for hydroxylation is 1. The minimum atomic E-state index is -0.223. The van der Waals surface area contributed by atoms with Crippen LogP contribution < -0.4 is 5.32 Å². The van der Waals surface area contributed by atoms with Crippen LogP contribution in [0.25, 0.3) is 0 Å². The minimum Gasteiger partial charge on any atom is -0.350 e. The summed E-state index contributed by atoms with van der Waals surface area (Å²) in [5, 5.41) is 2.91. The third-order valence-electron chi connectivity index (χ3n) is 2.55. The van der Waals surface area contributed by atoms with E-state index in [-0.39, 0.29) is 17.3 Å². The number of hydrogen-bond donors (Lipinski definition) is 1. The number of halogens is 2. The standard InChI is InChI=1S/C13H17BrClNO/c1-13(2,16-12(17)9-15)8-7-10-3-5-11(14)6-4-10/h3-6H,7-9H2,1-2H3,(H,16,17). The number of alkyl halides is 1. The fourth-order valence-electron chi connectivity index (χ4n) is 1.58. The SMILES string of the molecule is CC(C)(CCc1ccc(Br)cc1)NC(=O)CCl. The molecule has 2 nitrogen and oxygen atoms in total. The largest absolute Gasteiger partial charge is 0.350 e. The molecule has 17 heavy (non-hydrogen) atoms. The summed E-state index contributed by atoms with van der Waals surface area (Å²) in [6.45, 7) is 4.02. The average molecular weight is 319 g/mol. The molecule has 0 radical (unpaired) electrons. The van der Waals surface area contributed by atoms with Crippen LogP contribution in [0.4, 0.5) is 0 Å². The van der Waals surface area contributed by atoms with Gasteiger partial charge in [0.1, 0.15) is 5.88 Å². The second-order valence-corrected chi connectivity index (χ2v) is 5.88. The molecule has 1 rings (SSSR count). The molecule has 0 saturated heterocycles. The van der Waals surface area contributed by atoms with E-state index in [1.807, 2.05) is 26.0 Å². The van der Waals surface area contributed by atoms with E-state index in [2.05, 4.69) is 33.4 Å². The zero-order chi connectivity index (χ0) is 12.9. The van der Waals surface area contributed by atoms with E-state index < -0.39 is 0 Å². The lowest BCUT2D eigenvalue weighted by molar-refractivity contribution is -0.120. The molecule has 1 aromatic carbocycles. The van der Waals surface area contributed by atoms with Crippen molar-refractivity contribution < 1.29 is 4.79 Å². The Balaban J connectivity index is 2.49. The number of carbonyl (C=O) groups is 1. The van der Waals surface area contributed by atoms with Gasteiger partial charge >= 0.3 is 0 Å². The summed E-state index contributed by atoms with van der Waals surface area (Å²) >= 11 is 8.88. The highest BCUT2D eigenvalue weighted by Crippen LogP contribution is 2.16. The number of nitrogens with one attached hydrogen (secondary N) is 1. The number of amides is 1. The monoisotopic (exact) mass is 317 g/mol. The van der Waals surface area contributed by atoms with Crippen LogP contribution in [-0.2, 0) is 11.2 Å². The van der Waals surface area contributed by atoms with E-state index in [0.29, 0.717) is 0 Å². The normalized spacial score (nSPS) is 11.3. The molecule has 4 heteroatoms. The van der Waals surface area contributed by atoms with Gasteiger partial charge in [0, 0.05) is 10.0 Å². The second-order valence-electron chi connectivity index (χ2n) is 4.69. The van der Waals surface area contributed by atoms with Crippen LogP contribution in [0.3, 0.4) is 0 Å². The highest BCUT2D eigenvalue weighted by atomic mass is 79.9. The molecule has 0 spiro atoms. The van der Waals surface area contributed by atoms with Crippen molar-refractivity contribution in [2.45, 2.75) is 32.2 Å². The molecule has 1 N–H and O–H groups in total. The van der Waals surface area contributed by atoms with Gasteiger partial charge in [-0.1, -0.05) is 28.1 Å². The Morgan fingerprint density at radius 3 is 2.47 bits per heavy atom. The number of rotatable bonds is 5. The summed E-state index contributed by atoms with van der Waals surface area (Å²) in [4.78, 5) is 11.2. The third kappa shape index (κ3) is 5.55. The maximum absolute atomic E-state index is 11.2. The van der Waals surface area contributed by atoms with E-state index in [0.717, 1.165) is 17.3 Å². The van der Waals surface area contributed by atoms with E-state index in [1.54, 1.807) is 0 Å². The van der Waals surface area contributed by atoms with Crippen LogP contribution in [0, 0.1) is 0 Å². The maximum atomic E-state index is 11.2. The first-order valence-corrected chi connectivity index (χ1v) is 6.87. The highest BCUT2D eigenvalue weighted by molar-refractivity contribution is 9.10. The first kappa shape index (κ1) is 14.5. The quantitative estimate of drug-likeness (QED) is 0.827. The lowest BCUT2D eigenvalue weighted by atomic mass is 9.95. The molecular formula is C13H17BrClNO. The third-order valence-corrected chi connectivity index (χ3v) is 3.32. The molecule has 1 aromatic rings. The molecule has 0 aliphatic heterocycles. The van der Waals surface area contributed by atoms with E-state index in [1.165, 1.54) is 5.56 Å². The first-order valence-electron chi connectivity index (χ1n) is 5.54. The van der Waals surface area contributed by atoms with Crippen molar-refractivity contribution >= 4 is 33.4 Å². The molecule has 0 fully saturated rings. The smallest absolute Gasteiger partial charge is 0.235 e. The van der Waals surface area contributed by atoms with Crippen molar-refractivity contribution in [3.8, 4) is 0 Å². The summed E-state index contributed by atoms with van der Waals surface area (Å²) in [6.07, 6.45) is 1.82. The van der Waals surface area contributed by atoms with Crippen LogP contribution in [0.15, 0.2) is 28.7 Å². The van der Waals surface area contributed by atoms with Crippen LogP contribution >= 0.6 is 27.5 Å². The van der Waals surface area contributed by atoms with E-state index in [4.69, 9.17) is 11.6 Å². The van der Waals surface area contributed by atoms with Crippen molar-refractivity contribution in [1.29, 1.82) is 0 Å². The van der Waals surface area contributed by atoms with Gasteiger partial charge in [0.15, 0.2) is 0 Å². The molecule has 0 saturated carbocycles. The Morgan fingerprint density at radius 1 is 1.35 bits per heavy atom. The Morgan fingerprint density at radius 2 is 1.94 bits per heavy atom. The average Bonchev–Trinajstić information content (AvgIpc) is 2.28. The van der Waals surface area contributed by atoms with Crippen molar-refractivity contribution in [2.24, 2.45) is 0 Å². The summed E-state index contributed by atoms with van der Waals surface area (Å²) in [6, 6.07) is 8.23. The summed E-state index contributed by atoms with van der Waals surface area (Å²) in [7, 11) is 0. The summed E-state index contributed by atoms with van der Waals surface area (Å²) in [5.74, 6) is -0.102. The van der Waals surface area contributed by atoms with Crippen molar-refractivity contribution in [3.05, 3.63) is 34.3 Å². The molecule has 1 amide bonds. The highest BCUT2D eigenvalue weighted by Gasteiger charge is 2.19. The Kier molecular flexibility index (Phi) is 5.47. The molecule has 0 heterocycles. The fourth-order valence-corrected chi connectivity index (χ4v) is 1.91. The Bertz CT molecular complexity index is 376. The van der Waals surface area contributed by atoms with Gasteiger partial charge in [0.05, 0.1) is 0 Å². The molecule has 0 aliphatic rings. The predicted molar refractivity (Wildman–Crippen MR) is 75.4 cm³/mol. The van der Waals surface area contributed by atoms with Gasteiger partial charge in [-0.15, -0.1) is 11.6 Å². The molecule has 94 valence electrons. The van der Waals surface area contributed by atoms with Gasteiger partial charge in [-0.05, 0) is 44.4 Å². The van der Waals surface area contributed by atoms with Gasteiger partial charge < -0.3 is 5.32 Å². The van der Waals surface area contributed by atoms with Crippen LogP contribution in [0.1, 0.15) is 25.8 Å². The second kappa shape index (κ2) is 6.41. The molecular weight excluding hydrogens is 302 g/mol. The fraction of sp³-hybridized carbons (Fsp3) is 0.462. The lowest BCUT2D eigenvalue weighted by Crippen LogP contribution is -2.44. The maximum Gasteiger partial charge on any atom is 0.235 e. The molecule has 0 aromatic heterocycles. The summed E-state index contributed by atoms with van der Waals surface area (Å²) in [5.41, 5.74) is 1.04. The van der Waals surface area contributed by atoms with Gasteiger partial charge in [-0.3, -0.25) is 4.79 Å². The molecule has 0 bridgehead atoms. The van der Waals surface area contributed by atoms with Crippen LogP contribution in [0.2, 0.25) is 0 Å². The van der Waals surface area contributed by atoms with E-state index >= 15 is 0 Å².